The number of carbonyl (C=O) groups excluding carboxylic acids is 2. The van der Waals surface area contributed by atoms with Crippen LogP contribution in [0.15, 0.2) is 78.9 Å². The van der Waals surface area contributed by atoms with Gasteiger partial charge in [0, 0.05) is 20.0 Å². The summed E-state index contributed by atoms with van der Waals surface area (Å²) >= 11 is 0. The van der Waals surface area contributed by atoms with Gasteiger partial charge < -0.3 is 24.4 Å². The van der Waals surface area contributed by atoms with Crippen LogP contribution in [0.3, 0.4) is 0 Å². The van der Waals surface area contributed by atoms with E-state index in [1.165, 1.54) is 0 Å². The summed E-state index contributed by atoms with van der Waals surface area (Å²) in [6.07, 6.45) is -0.295. The van der Waals surface area contributed by atoms with E-state index in [0.717, 1.165) is 16.7 Å². The third-order valence-corrected chi connectivity index (χ3v) is 5.41. The van der Waals surface area contributed by atoms with Gasteiger partial charge in [-0.3, -0.25) is 4.79 Å². The smallest absolute Gasteiger partial charge is 0.408 e. The SMILES string of the molecule is CCOc1ccc(CN(C)C(=O)C(Cc2ccccc2)NC(=O)OCc2ccccc2)cc1OC. The first kappa shape index (κ1) is 25.6. The van der Waals surface area contributed by atoms with Crippen LogP contribution in [0.5, 0.6) is 11.5 Å². The average Bonchev–Trinajstić information content (AvgIpc) is 2.88. The molecule has 0 aliphatic heterocycles. The van der Waals surface area contributed by atoms with Crippen molar-refractivity contribution in [3.63, 3.8) is 0 Å². The van der Waals surface area contributed by atoms with Crippen LogP contribution in [-0.4, -0.2) is 43.7 Å². The molecule has 0 radical (unpaired) electrons. The summed E-state index contributed by atoms with van der Waals surface area (Å²) in [5.74, 6) is 1.03. The Labute approximate surface area is 206 Å². The van der Waals surface area contributed by atoms with Crippen molar-refractivity contribution < 1.29 is 23.8 Å². The number of hydrogen-bond acceptors (Lipinski definition) is 5. The van der Waals surface area contributed by atoms with Gasteiger partial charge in [0.25, 0.3) is 0 Å². The Morgan fingerprint density at radius 3 is 2.17 bits per heavy atom. The van der Waals surface area contributed by atoms with Crippen molar-refractivity contribution in [2.45, 2.75) is 32.5 Å². The predicted molar refractivity (Wildman–Crippen MR) is 134 cm³/mol. The molecule has 1 atom stereocenters. The summed E-state index contributed by atoms with van der Waals surface area (Å²) in [6, 6.07) is 23.8. The molecular weight excluding hydrogens is 444 g/mol. The number of benzene rings is 3. The zero-order chi connectivity index (χ0) is 25.0. The fourth-order valence-corrected chi connectivity index (χ4v) is 3.66. The number of hydrogen-bond donors (Lipinski definition) is 1. The predicted octanol–water partition coefficient (Wildman–Crippen LogP) is 4.59. The molecule has 1 unspecified atom stereocenters. The van der Waals surface area contributed by atoms with Gasteiger partial charge in [0.1, 0.15) is 12.6 Å². The molecule has 0 saturated heterocycles. The Bertz CT molecular complexity index is 1090. The molecule has 1 N–H and O–H groups in total. The van der Waals surface area contributed by atoms with E-state index < -0.39 is 12.1 Å². The molecule has 3 rings (SSSR count). The maximum Gasteiger partial charge on any atom is 0.408 e. The molecular formula is C28H32N2O5. The van der Waals surface area contributed by atoms with Gasteiger partial charge in [0.2, 0.25) is 5.91 Å². The Balaban J connectivity index is 1.69. The lowest BCUT2D eigenvalue weighted by Crippen LogP contribution is -2.48. The molecule has 0 fully saturated rings. The van der Waals surface area contributed by atoms with E-state index in [2.05, 4.69) is 5.32 Å². The number of rotatable bonds is 11. The Kier molecular flexibility index (Phi) is 9.54. The first-order valence-electron chi connectivity index (χ1n) is 11.6. The second kappa shape index (κ2) is 13.0. The van der Waals surface area contributed by atoms with Crippen molar-refractivity contribution in [2.24, 2.45) is 0 Å². The van der Waals surface area contributed by atoms with Crippen LogP contribution in [0.1, 0.15) is 23.6 Å². The minimum Gasteiger partial charge on any atom is -0.493 e. The van der Waals surface area contributed by atoms with Crippen LogP contribution in [0.25, 0.3) is 0 Å². The zero-order valence-electron chi connectivity index (χ0n) is 20.4. The number of likely N-dealkylation sites (N-methyl/N-ethyl adjacent to an activating group) is 1. The topological polar surface area (TPSA) is 77.1 Å². The van der Waals surface area contributed by atoms with E-state index in [1.54, 1.807) is 19.1 Å². The van der Waals surface area contributed by atoms with E-state index >= 15 is 0 Å². The number of ether oxygens (including phenoxy) is 3. The van der Waals surface area contributed by atoms with E-state index in [-0.39, 0.29) is 12.5 Å². The highest BCUT2D eigenvalue weighted by molar-refractivity contribution is 5.85. The van der Waals surface area contributed by atoms with Gasteiger partial charge in [-0.1, -0.05) is 66.7 Å². The van der Waals surface area contributed by atoms with Crippen molar-refractivity contribution in [1.29, 1.82) is 0 Å². The molecule has 2 amide bonds. The second-order valence-corrected chi connectivity index (χ2v) is 8.06. The van der Waals surface area contributed by atoms with E-state index in [0.29, 0.717) is 31.1 Å². The van der Waals surface area contributed by atoms with Gasteiger partial charge in [-0.25, -0.2) is 4.79 Å². The molecule has 0 aliphatic carbocycles. The Hall–Kier alpha value is -4.00. The summed E-state index contributed by atoms with van der Waals surface area (Å²) in [7, 11) is 3.29. The van der Waals surface area contributed by atoms with Gasteiger partial charge >= 0.3 is 6.09 Å². The van der Waals surface area contributed by atoms with Crippen LogP contribution >= 0.6 is 0 Å². The highest BCUT2D eigenvalue weighted by Crippen LogP contribution is 2.28. The summed E-state index contributed by atoms with van der Waals surface area (Å²) < 4.78 is 16.4. The molecule has 0 heterocycles. The minimum atomic E-state index is -0.782. The monoisotopic (exact) mass is 476 g/mol. The quantitative estimate of drug-likeness (QED) is 0.438. The van der Waals surface area contributed by atoms with Gasteiger partial charge in [-0.2, -0.15) is 0 Å². The van der Waals surface area contributed by atoms with E-state index in [1.807, 2.05) is 85.8 Å². The van der Waals surface area contributed by atoms with Crippen LogP contribution in [0.2, 0.25) is 0 Å². The highest BCUT2D eigenvalue weighted by atomic mass is 16.5. The van der Waals surface area contributed by atoms with Crippen molar-refractivity contribution in [3.05, 3.63) is 95.6 Å². The normalized spacial score (nSPS) is 11.3. The van der Waals surface area contributed by atoms with Gasteiger partial charge in [0.05, 0.1) is 13.7 Å². The summed E-state index contributed by atoms with van der Waals surface area (Å²) in [6.45, 7) is 2.90. The van der Waals surface area contributed by atoms with Crippen LogP contribution < -0.4 is 14.8 Å². The third kappa shape index (κ3) is 7.78. The lowest BCUT2D eigenvalue weighted by Gasteiger charge is -2.25. The van der Waals surface area contributed by atoms with Gasteiger partial charge in [-0.05, 0) is 35.7 Å². The Morgan fingerprint density at radius 1 is 0.886 bits per heavy atom. The molecule has 0 spiro atoms. The highest BCUT2D eigenvalue weighted by Gasteiger charge is 2.25. The number of nitrogens with one attached hydrogen (secondary N) is 1. The maximum absolute atomic E-state index is 13.4. The van der Waals surface area contributed by atoms with Gasteiger partial charge in [0.15, 0.2) is 11.5 Å². The largest absolute Gasteiger partial charge is 0.493 e. The van der Waals surface area contributed by atoms with Crippen LogP contribution in [0, 0.1) is 0 Å². The van der Waals surface area contributed by atoms with E-state index in [4.69, 9.17) is 14.2 Å². The minimum absolute atomic E-state index is 0.126. The number of carbonyl (C=O) groups is 2. The molecule has 0 aromatic heterocycles. The maximum atomic E-state index is 13.4. The Morgan fingerprint density at radius 2 is 1.54 bits per heavy atom. The number of methoxy groups -OCH3 is 1. The molecule has 0 saturated carbocycles. The average molecular weight is 477 g/mol. The molecule has 3 aromatic rings. The lowest BCUT2D eigenvalue weighted by atomic mass is 10.0. The third-order valence-electron chi connectivity index (χ3n) is 5.41. The molecule has 184 valence electrons. The van der Waals surface area contributed by atoms with Crippen molar-refractivity contribution in [1.82, 2.24) is 10.2 Å². The summed E-state index contributed by atoms with van der Waals surface area (Å²) in [4.78, 5) is 27.5. The number of alkyl carbamates (subject to hydrolysis) is 1. The molecule has 35 heavy (non-hydrogen) atoms. The molecule has 7 heteroatoms. The van der Waals surface area contributed by atoms with Crippen molar-refractivity contribution in [3.8, 4) is 11.5 Å². The summed E-state index contributed by atoms with van der Waals surface area (Å²) in [5.41, 5.74) is 2.69. The molecule has 0 bridgehead atoms. The number of nitrogens with zero attached hydrogens (tertiary/aromatic N) is 1. The second-order valence-electron chi connectivity index (χ2n) is 8.06. The van der Waals surface area contributed by atoms with Crippen molar-refractivity contribution in [2.75, 3.05) is 20.8 Å². The molecule has 3 aromatic carbocycles. The molecule has 0 aliphatic rings. The standard InChI is InChI=1S/C28H32N2O5/c1-4-34-25-16-15-23(18-26(25)33-3)19-30(2)27(31)24(17-21-11-7-5-8-12-21)29-28(32)35-20-22-13-9-6-10-14-22/h5-16,18,24H,4,17,19-20H2,1-3H3,(H,29,32). The van der Waals surface area contributed by atoms with E-state index in [9.17, 15) is 9.59 Å². The zero-order valence-corrected chi connectivity index (χ0v) is 20.4. The lowest BCUT2D eigenvalue weighted by molar-refractivity contribution is -0.132. The van der Waals surface area contributed by atoms with Gasteiger partial charge in [-0.15, -0.1) is 0 Å². The first-order valence-corrected chi connectivity index (χ1v) is 11.6. The summed E-state index contributed by atoms with van der Waals surface area (Å²) in [5, 5.41) is 2.75. The van der Waals surface area contributed by atoms with Crippen LogP contribution in [0.4, 0.5) is 4.79 Å². The first-order chi connectivity index (χ1) is 17.0. The molecule has 7 nitrogen and oxygen atoms in total. The van der Waals surface area contributed by atoms with Crippen molar-refractivity contribution >= 4 is 12.0 Å². The fourth-order valence-electron chi connectivity index (χ4n) is 3.66. The fraction of sp³-hybridized carbons (Fsp3) is 0.286. The van der Waals surface area contributed by atoms with Crippen LogP contribution in [-0.2, 0) is 29.1 Å². The number of amides is 2.